The second kappa shape index (κ2) is 10.5. The summed E-state index contributed by atoms with van der Waals surface area (Å²) < 4.78 is 22.5. The van der Waals surface area contributed by atoms with Crippen LogP contribution in [0.4, 0.5) is 4.39 Å². The van der Waals surface area contributed by atoms with Gasteiger partial charge in [0.1, 0.15) is 23.4 Å². The highest BCUT2D eigenvalue weighted by Gasteiger charge is 2.26. The number of halogens is 1. The standard InChI is InChI=1S/C18H16FN5.C11H16N2O/c1-10-11(2)24-17-16(23-10)15(21-9-22-17)13-6-5-12(7-14(13)19)18(3,4)8-20;1-2-6-14-11(3-1)9-7-12-13(8-9)10-4-5-10/h5-7,9H,1-4H3;7-8,10-11H,1-6H2. The van der Waals surface area contributed by atoms with Gasteiger partial charge in [-0.15, -0.1) is 0 Å². The molecule has 4 heterocycles. The predicted octanol–water partition coefficient (Wildman–Crippen LogP) is 6.10. The number of benzene rings is 1. The fourth-order valence-corrected chi connectivity index (χ4v) is 4.46. The van der Waals surface area contributed by atoms with Crippen LogP contribution in [-0.2, 0) is 10.2 Å². The Morgan fingerprint density at radius 3 is 2.55 bits per heavy atom. The van der Waals surface area contributed by atoms with Crippen molar-refractivity contribution in [2.75, 3.05) is 6.61 Å². The SMILES string of the molecule is Cc1nc2ncnc(-c3ccc(C(C)(C)C#N)cc3F)c2nc1C.c1nn(C2CC2)cc1C1CCCCO1. The van der Waals surface area contributed by atoms with Crippen LogP contribution >= 0.6 is 0 Å². The Morgan fingerprint density at radius 2 is 1.87 bits per heavy atom. The van der Waals surface area contributed by atoms with Gasteiger partial charge in [-0.05, 0) is 77.5 Å². The Kier molecular flexibility index (Phi) is 7.17. The first-order valence-corrected chi connectivity index (χ1v) is 13.1. The zero-order chi connectivity index (χ0) is 26.9. The first-order chi connectivity index (χ1) is 18.3. The zero-order valence-corrected chi connectivity index (χ0v) is 22.3. The number of aryl methyl sites for hydroxylation is 2. The second-order valence-corrected chi connectivity index (χ2v) is 10.6. The number of rotatable bonds is 4. The van der Waals surface area contributed by atoms with E-state index in [1.165, 1.54) is 43.6 Å². The normalized spacial score (nSPS) is 17.5. The molecule has 9 heteroatoms. The van der Waals surface area contributed by atoms with E-state index in [-0.39, 0.29) is 0 Å². The quantitative estimate of drug-likeness (QED) is 0.325. The molecular weight excluding hydrogens is 481 g/mol. The number of fused-ring (bicyclic) bond motifs is 1. The van der Waals surface area contributed by atoms with E-state index in [1.54, 1.807) is 26.0 Å². The van der Waals surface area contributed by atoms with Crippen molar-refractivity contribution in [3.63, 3.8) is 0 Å². The van der Waals surface area contributed by atoms with Crippen molar-refractivity contribution in [3.05, 3.63) is 65.3 Å². The summed E-state index contributed by atoms with van der Waals surface area (Å²) in [7, 11) is 0. The molecule has 3 aromatic heterocycles. The lowest BCUT2D eigenvalue weighted by molar-refractivity contribution is 0.0149. The number of hydrogen-bond acceptors (Lipinski definition) is 7. The maximum absolute atomic E-state index is 14.7. The van der Waals surface area contributed by atoms with Crippen LogP contribution in [0.15, 0.2) is 36.9 Å². The van der Waals surface area contributed by atoms with E-state index >= 15 is 0 Å². The molecule has 0 spiro atoms. The molecule has 0 bridgehead atoms. The Hall–Kier alpha value is -3.77. The highest BCUT2D eigenvalue weighted by Crippen LogP contribution is 2.36. The monoisotopic (exact) mass is 513 g/mol. The van der Waals surface area contributed by atoms with Gasteiger partial charge in [-0.25, -0.2) is 24.3 Å². The predicted molar refractivity (Wildman–Crippen MR) is 142 cm³/mol. The summed E-state index contributed by atoms with van der Waals surface area (Å²) in [4.78, 5) is 17.2. The fourth-order valence-electron chi connectivity index (χ4n) is 4.46. The molecule has 1 saturated heterocycles. The topological polar surface area (TPSA) is 102 Å². The number of nitriles is 1. The molecule has 2 fully saturated rings. The average molecular weight is 514 g/mol. The lowest BCUT2D eigenvalue weighted by Gasteiger charge is -2.21. The van der Waals surface area contributed by atoms with Gasteiger partial charge >= 0.3 is 0 Å². The zero-order valence-electron chi connectivity index (χ0n) is 22.3. The van der Waals surface area contributed by atoms with Crippen molar-refractivity contribution >= 4 is 11.2 Å². The Morgan fingerprint density at radius 1 is 1.08 bits per heavy atom. The molecule has 196 valence electrons. The highest BCUT2D eigenvalue weighted by atomic mass is 19.1. The van der Waals surface area contributed by atoms with Crippen LogP contribution in [0.3, 0.4) is 0 Å². The van der Waals surface area contributed by atoms with Crippen LogP contribution in [-0.4, -0.2) is 36.3 Å². The third-order valence-electron chi connectivity index (χ3n) is 7.20. The number of ether oxygens (including phenoxy) is 1. The van der Waals surface area contributed by atoms with Gasteiger partial charge in [0.25, 0.3) is 0 Å². The molecule has 6 rings (SSSR count). The van der Waals surface area contributed by atoms with E-state index in [2.05, 4.69) is 42.0 Å². The van der Waals surface area contributed by atoms with Crippen LogP contribution in [0.25, 0.3) is 22.4 Å². The molecule has 0 amide bonds. The number of nitrogens with zero attached hydrogens (tertiary/aromatic N) is 7. The first kappa shape index (κ1) is 25.9. The lowest BCUT2D eigenvalue weighted by atomic mass is 9.85. The molecule has 1 aliphatic carbocycles. The Balaban J connectivity index is 0.000000177. The molecule has 1 atom stereocenters. The molecule has 1 aliphatic heterocycles. The van der Waals surface area contributed by atoms with Crippen LogP contribution in [0.5, 0.6) is 0 Å². The van der Waals surface area contributed by atoms with Crippen LogP contribution in [0, 0.1) is 31.0 Å². The smallest absolute Gasteiger partial charge is 0.182 e. The molecule has 0 radical (unpaired) electrons. The van der Waals surface area contributed by atoms with Crippen molar-refractivity contribution in [1.82, 2.24) is 29.7 Å². The molecule has 2 aliphatic rings. The minimum absolute atomic E-state index is 0.316. The molecule has 4 aromatic rings. The molecule has 0 N–H and O–H groups in total. The first-order valence-electron chi connectivity index (χ1n) is 13.1. The maximum Gasteiger partial charge on any atom is 0.182 e. The molecule has 1 unspecified atom stereocenters. The minimum atomic E-state index is -0.763. The molecular formula is C29H32FN7O. The summed E-state index contributed by atoms with van der Waals surface area (Å²) in [5.74, 6) is -0.448. The van der Waals surface area contributed by atoms with E-state index in [4.69, 9.17) is 4.74 Å². The van der Waals surface area contributed by atoms with E-state index < -0.39 is 11.2 Å². The minimum Gasteiger partial charge on any atom is -0.373 e. The molecule has 1 aromatic carbocycles. The second-order valence-electron chi connectivity index (χ2n) is 10.6. The van der Waals surface area contributed by atoms with Gasteiger partial charge < -0.3 is 4.74 Å². The summed E-state index contributed by atoms with van der Waals surface area (Å²) in [6.45, 7) is 8.11. The third kappa shape index (κ3) is 5.41. The van der Waals surface area contributed by atoms with Crippen LogP contribution < -0.4 is 0 Å². The summed E-state index contributed by atoms with van der Waals surface area (Å²) >= 11 is 0. The maximum atomic E-state index is 14.7. The Bertz CT molecular complexity index is 1500. The van der Waals surface area contributed by atoms with E-state index in [1.807, 2.05) is 20.0 Å². The van der Waals surface area contributed by atoms with Crippen LogP contribution in [0.2, 0.25) is 0 Å². The van der Waals surface area contributed by atoms with Crippen molar-refractivity contribution in [2.24, 2.45) is 0 Å². The lowest BCUT2D eigenvalue weighted by Crippen LogP contribution is -2.14. The van der Waals surface area contributed by atoms with Crippen molar-refractivity contribution in [2.45, 2.75) is 77.4 Å². The van der Waals surface area contributed by atoms with Gasteiger partial charge in [0.05, 0.1) is 41.2 Å². The van der Waals surface area contributed by atoms with Gasteiger partial charge in [-0.3, -0.25) is 4.68 Å². The van der Waals surface area contributed by atoms with Gasteiger partial charge in [0.2, 0.25) is 0 Å². The van der Waals surface area contributed by atoms with Crippen molar-refractivity contribution in [3.8, 4) is 17.3 Å². The summed E-state index contributed by atoms with van der Waals surface area (Å²) in [5.41, 5.74) is 4.27. The van der Waals surface area contributed by atoms with Crippen LogP contribution in [0.1, 0.15) is 80.6 Å². The molecule has 38 heavy (non-hydrogen) atoms. The third-order valence-corrected chi connectivity index (χ3v) is 7.20. The fraction of sp³-hybridized carbons (Fsp3) is 0.448. The van der Waals surface area contributed by atoms with E-state index in [0.29, 0.717) is 40.1 Å². The van der Waals surface area contributed by atoms with E-state index in [9.17, 15) is 9.65 Å². The summed E-state index contributed by atoms with van der Waals surface area (Å²) in [6, 6.07) is 7.60. The number of aromatic nitrogens is 6. The highest BCUT2D eigenvalue weighted by molar-refractivity contribution is 5.86. The number of hydrogen-bond donors (Lipinski definition) is 0. The summed E-state index contributed by atoms with van der Waals surface area (Å²) in [6.07, 6.45) is 12.1. The van der Waals surface area contributed by atoms with Gasteiger partial charge in [0, 0.05) is 23.9 Å². The Labute approximate surface area is 221 Å². The largest absolute Gasteiger partial charge is 0.373 e. The van der Waals surface area contributed by atoms with Gasteiger partial charge in [-0.2, -0.15) is 10.4 Å². The van der Waals surface area contributed by atoms with E-state index in [0.717, 1.165) is 24.4 Å². The summed E-state index contributed by atoms with van der Waals surface area (Å²) in [5, 5.41) is 13.6. The van der Waals surface area contributed by atoms with Gasteiger partial charge in [0.15, 0.2) is 5.65 Å². The molecule has 1 saturated carbocycles. The average Bonchev–Trinajstić information content (AvgIpc) is 3.66. The van der Waals surface area contributed by atoms with Crippen molar-refractivity contribution in [1.29, 1.82) is 5.26 Å². The van der Waals surface area contributed by atoms with Crippen molar-refractivity contribution < 1.29 is 9.13 Å². The molecule has 8 nitrogen and oxygen atoms in total. The van der Waals surface area contributed by atoms with Gasteiger partial charge in [-0.1, -0.05) is 6.07 Å².